The maximum atomic E-state index is 12.4. The van der Waals surface area contributed by atoms with Crippen LogP contribution in [0.5, 0.6) is 5.75 Å². The standard InChI is InChI=1S/C23H28F3N3O3S/c24-23(25,26)21(31)27-16-10-9-11-17(14-16)32-15-20(30)29-22-28-18-12-7-5-3-1-2-4-6-8-13-19(18)33-22/h9-11,14H,1-8,12-13,15H2,(H,27,31)(H,28,29,30). The summed E-state index contributed by atoms with van der Waals surface area (Å²) < 4.78 is 42.6. The van der Waals surface area contributed by atoms with Gasteiger partial charge in [0, 0.05) is 16.6 Å². The van der Waals surface area contributed by atoms with E-state index < -0.39 is 18.0 Å². The van der Waals surface area contributed by atoms with Gasteiger partial charge in [-0.25, -0.2) is 4.98 Å². The summed E-state index contributed by atoms with van der Waals surface area (Å²) in [5, 5.41) is 5.05. The van der Waals surface area contributed by atoms with Crippen molar-refractivity contribution in [3.8, 4) is 5.75 Å². The molecule has 0 atom stereocenters. The Hall–Kier alpha value is -2.62. The van der Waals surface area contributed by atoms with E-state index >= 15 is 0 Å². The van der Waals surface area contributed by atoms with Gasteiger partial charge in [-0.3, -0.25) is 14.9 Å². The molecule has 2 amide bonds. The first-order valence-corrected chi connectivity index (χ1v) is 12.0. The number of anilines is 2. The summed E-state index contributed by atoms with van der Waals surface area (Å²) in [5.41, 5.74) is 0.985. The number of hydrogen-bond donors (Lipinski definition) is 2. The smallest absolute Gasteiger partial charge is 0.471 e. The molecule has 1 aromatic heterocycles. The maximum Gasteiger partial charge on any atom is 0.471 e. The van der Waals surface area contributed by atoms with Crippen molar-refractivity contribution in [1.82, 2.24) is 4.98 Å². The van der Waals surface area contributed by atoms with Crippen LogP contribution in [0.1, 0.15) is 61.9 Å². The number of carbonyl (C=O) groups excluding carboxylic acids is 2. The van der Waals surface area contributed by atoms with Gasteiger partial charge in [0.05, 0.1) is 5.69 Å². The minimum atomic E-state index is -4.99. The highest BCUT2D eigenvalue weighted by molar-refractivity contribution is 7.15. The second-order valence-electron chi connectivity index (χ2n) is 8.03. The molecular formula is C23H28F3N3O3S. The van der Waals surface area contributed by atoms with Crippen molar-refractivity contribution in [2.24, 2.45) is 0 Å². The fraction of sp³-hybridized carbons (Fsp3) is 0.522. The van der Waals surface area contributed by atoms with E-state index in [-0.39, 0.29) is 18.0 Å². The minimum absolute atomic E-state index is 0.0756. The quantitative estimate of drug-likeness (QED) is 0.557. The van der Waals surface area contributed by atoms with Crippen molar-refractivity contribution in [2.75, 3.05) is 17.2 Å². The van der Waals surface area contributed by atoms with Crippen LogP contribution in [-0.2, 0) is 22.4 Å². The van der Waals surface area contributed by atoms with E-state index in [1.54, 1.807) is 5.32 Å². The second kappa shape index (κ2) is 12.0. The van der Waals surface area contributed by atoms with Crippen molar-refractivity contribution < 1.29 is 27.5 Å². The van der Waals surface area contributed by atoms with Crippen LogP contribution in [0.4, 0.5) is 24.0 Å². The summed E-state index contributed by atoms with van der Waals surface area (Å²) in [7, 11) is 0. The van der Waals surface area contributed by atoms with Crippen LogP contribution >= 0.6 is 11.3 Å². The number of hydrogen-bond acceptors (Lipinski definition) is 5. The fourth-order valence-electron chi connectivity index (χ4n) is 3.64. The first kappa shape index (κ1) is 25.0. The van der Waals surface area contributed by atoms with Gasteiger partial charge in [-0.05, 0) is 37.8 Å². The highest BCUT2D eigenvalue weighted by atomic mass is 32.1. The number of carbonyl (C=O) groups is 2. The Labute approximate surface area is 194 Å². The highest BCUT2D eigenvalue weighted by Crippen LogP contribution is 2.28. The summed E-state index contributed by atoms with van der Waals surface area (Å²) in [4.78, 5) is 29.3. The Morgan fingerprint density at radius 1 is 0.970 bits per heavy atom. The number of thiazole rings is 1. The molecular weight excluding hydrogens is 455 g/mol. The maximum absolute atomic E-state index is 12.4. The van der Waals surface area contributed by atoms with E-state index in [9.17, 15) is 22.8 Å². The van der Waals surface area contributed by atoms with Gasteiger partial charge in [-0.1, -0.05) is 44.6 Å². The van der Waals surface area contributed by atoms with Crippen molar-refractivity contribution in [3.63, 3.8) is 0 Å². The number of aromatic nitrogens is 1. The number of halogens is 3. The molecule has 1 aromatic carbocycles. The molecule has 0 fully saturated rings. The van der Waals surface area contributed by atoms with Gasteiger partial charge >= 0.3 is 12.1 Å². The number of ether oxygens (including phenoxy) is 1. The number of benzene rings is 1. The summed E-state index contributed by atoms with van der Waals surface area (Å²) in [6.07, 6.45) is 6.60. The fourth-order valence-corrected chi connectivity index (χ4v) is 4.70. The summed E-state index contributed by atoms with van der Waals surface area (Å²) >= 11 is 1.49. The summed E-state index contributed by atoms with van der Waals surface area (Å²) in [6, 6.07) is 5.44. The number of rotatable bonds is 5. The van der Waals surface area contributed by atoms with Crippen LogP contribution in [0.2, 0.25) is 0 Å². The normalized spacial score (nSPS) is 15.5. The van der Waals surface area contributed by atoms with Gasteiger partial charge in [0.1, 0.15) is 5.75 Å². The van der Waals surface area contributed by atoms with Gasteiger partial charge < -0.3 is 10.1 Å². The first-order chi connectivity index (χ1) is 15.8. The number of nitrogens with one attached hydrogen (secondary N) is 2. The Bertz CT molecular complexity index is 917. The largest absolute Gasteiger partial charge is 0.484 e. The molecule has 180 valence electrons. The van der Waals surface area contributed by atoms with Crippen molar-refractivity contribution in [2.45, 2.75) is 70.4 Å². The lowest BCUT2D eigenvalue weighted by Crippen LogP contribution is -2.29. The third-order valence-electron chi connectivity index (χ3n) is 5.31. The first-order valence-electron chi connectivity index (χ1n) is 11.2. The van der Waals surface area contributed by atoms with Crippen molar-refractivity contribution >= 4 is 34.0 Å². The van der Waals surface area contributed by atoms with Crippen LogP contribution in [-0.4, -0.2) is 29.6 Å². The topological polar surface area (TPSA) is 80.3 Å². The van der Waals surface area contributed by atoms with Gasteiger partial charge in [0.25, 0.3) is 5.91 Å². The summed E-state index contributed by atoms with van der Waals surface area (Å²) in [5.74, 6) is -2.32. The third kappa shape index (κ3) is 8.34. The van der Waals surface area contributed by atoms with Crippen molar-refractivity contribution in [1.29, 1.82) is 0 Å². The molecule has 1 aliphatic carbocycles. The van der Waals surface area contributed by atoms with E-state index in [2.05, 4.69) is 10.3 Å². The van der Waals surface area contributed by atoms with E-state index in [1.165, 1.54) is 79.0 Å². The van der Waals surface area contributed by atoms with Crippen LogP contribution in [0.25, 0.3) is 0 Å². The lowest BCUT2D eigenvalue weighted by molar-refractivity contribution is -0.167. The zero-order chi connectivity index (χ0) is 23.7. The Morgan fingerprint density at radius 2 is 1.64 bits per heavy atom. The molecule has 0 radical (unpaired) electrons. The number of aryl methyl sites for hydroxylation is 2. The predicted molar refractivity (Wildman–Crippen MR) is 122 cm³/mol. The molecule has 2 aromatic rings. The van der Waals surface area contributed by atoms with Crippen LogP contribution in [0.3, 0.4) is 0 Å². The molecule has 0 unspecified atom stereocenters. The van der Waals surface area contributed by atoms with Crippen LogP contribution < -0.4 is 15.4 Å². The number of amides is 2. The van der Waals surface area contributed by atoms with Crippen LogP contribution in [0.15, 0.2) is 24.3 Å². The predicted octanol–water partition coefficient (Wildman–Crippen LogP) is 5.88. The van der Waals surface area contributed by atoms with Gasteiger partial charge in [0.15, 0.2) is 11.7 Å². The monoisotopic (exact) mass is 483 g/mol. The van der Waals surface area contributed by atoms with E-state index in [0.717, 1.165) is 31.4 Å². The Kier molecular flexibility index (Phi) is 9.11. The second-order valence-corrected chi connectivity index (χ2v) is 9.12. The molecule has 6 nitrogen and oxygen atoms in total. The molecule has 0 saturated heterocycles. The molecule has 3 rings (SSSR count). The molecule has 1 aliphatic rings. The van der Waals surface area contributed by atoms with Gasteiger partial charge in [-0.15, -0.1) is 11.3 Å². The summed E-state index contributed by atoms with van der Waals surface area (Å²) in [6.45, 7) is -0.332. The van der Waals surface area contributed by atoms with E-state index in [4.69, 9.17) is 4.74 Å². The molecule has 1 heterocycles. The number of nitrogens with zero attached hydrogens (tertiary/aromatic N) is 1. The molecule has 0 bridgehead atoms. The van der Waals surface area contributed by atoms with E-state index in [1.807, 2.05) is 0 Å². The SMILES string of the molecule is O=C(COc1cccc(NC(=O)C(F)(F)F)c1)Nc1nc2c(s1)CCCCCCCCCC2. The zero-order valence-corrected chi connectivity index (χ0v) is 19.1. The number of fused-ring (bicyclic) bond motifs is 1. The lowest BCUT2D eigenvalue weighted by atomic mass is 10.0. The Morgan fingerprint density at radius 3 is 2.33 bits per heavy atom. The van der Waals surface area contributed by atoms with Gasteiger partial charge in [-0.2, -0.15) is 13.2 Å². The highest BCUT2D eigenvalue weighted by Gasteiger charge is 2.38. The van der Waals surface area contributed by atoms with E-state index in [0.29, 0.717) is 5.13 Å². The molecule has 10 heteroatoms. The average Bonchev–Trinajstić information content (AvgIpc) is 3.13. The molecule has 0 saturated carbocycles. The molecule has 33 heavy (non-hydrogen) atoms. The van der Waals surface area contributed by atoms with Crippen LogP contribution in [0, 0.1) is 0 Å². The Balaban J connectivity index is 1.54. The minimum Gasteiger partial charge on any atom is -0.484 e. The molecule has 2 N–H and O–H groups in total. The molecule has 0 aliphatic heterocycles. The number of alkyl halides is 3. The van der Waals surface area contributed by atoms with Gasteiger partial charge in [0.2, 0.25) is 0 Å². The average molecular weight is 484 g/mol. The zero-order valence-electron chi connectivity index (χ0n) is 18.3. The molecule has 0 spiro atoms. The third-order valence-corrected chi connectivity index (χ3v) is 6.38. The lowest BCUT2D eigenvalue weighted by Gasteiger charge is -2.10. The van der Waals surface area contributed by atoms with Crippen molar-refractivity contribution in [3.05, 3.63) is 34.8 Å².